The second-order valence-corrected chi connectivity index (χ2v) is 5.97. The number of para-hydroxylation sites is 1. The van der Waals surface area contributed by atoms with Crippen LogP contribution in [0.3, 0.4) is 0 Å². The standard InChI is InChI=1S/C17H24N2/c1-3-13(2)12-19-16(11-18-15-8-9-15)10-14-6-4-5-7-17(14)19/h4-7,10,13,15,18H,3,8-9,11-12H2,1-2H3. The Labute approximate surface area is 115 Å². The third-order valence-electron chi connectivity index (χ3n) is 4.24. The van der Waals surface area contributed by atoms with Crippen molar-refractivity contribution in [2.24, 2.45) is 5.92 Å². The highest BCUT2D eigenvalue weighted by molar-refractivity contribution is 5.81. The monoisotopic (exact) mass is 256 g/mol. The quantitative estimate of drug-likeness (QED) is 0.828. The maximum Gasteiger partial charge on any atom is 0.0483 e. The lowest BCUT2D eigenvalue weighted by Crippen LogP contribution is -2.19. The van der Waals surface area contributed by atoms with Gasteiger partial charge in [-0.25, -0.2) is 0 Å². The number of hydrogen-bond acceptors (Lipinski definition) is 1. The summed E-state index contributed by atoms with van der Waals surface area (Å²) in [6.45, 7) is 6.76. The van der Waals surface area contributed by atoms with Gasteiger partial charge in [0, 0.05) is 30.3 Å². The van der Waals surface area contributed by atoms with E-state index in [0.717, 1.165) is 25.0 Å². The van der Waals surface area contributed by atoms with E-state index < -0.39 is 0 Å². The molecule has 1 fully saturated rings. The molecule has 0 spiro atoms. The summed E-state index contributed by atoms with van der Waals surface area (Å²) in [6, 6.07) is 11.9. The van der Waals surface area contributed by atoms with Crippen molar-refractivity contribution in [3.05, 3.63) is 36.0 Å². The molecule has 19 heavy (non-hydrogen) atoms. The molecule has 1 atom stereocenters. The summed E-state index contributed by atoms with van der Waals surface area (Å²) in [5.74, 6) is 0.732. The van der Waals surface area contributed by atoms with Crippen molar-refractivity contribution in [1.82, 2.24) is 9.88 Å². The zero-order chi connectivity index (χ0) is 13.2. The molecule has 0 amide bonds. The molecule has 1 unspecified atom stereocenters. The van der Waals surface area contributed by atoms with E-state index in [-0.39, 0.29) is 0 Å². The maximum atomic E-state index is 3.64. The highest BCUT2D eigenvalue weighted by Gasteiger charge is 2.21. The lowest BCUT2D eigenvalue weighted by atomic mass is 10.1. The first-order valence-corrected chi connectivity index (χ1v) is 7.58. The van der Waals surface area contributed by atoms with Crippen LogP contribution >= 0.6 is 0 Å². The molecule has 1 N–H and O–H groups in total. The Bertz CT molecular complexity index is 551. The first-order valence-electron chi connectivity index (χ1n) is 7.58. The van der Waals surface area contributed by atoms with Gasteiger partial charge in [-0.15, -0.1) is 0 Å². The predicted molar refractivity (Wildman–Crippen MR) is 81.3 cm³/mol. The van der Waals surface area contributed by atoms with Crippen LogP contribution in [0.4, 0.5) is 0 Å². The zero-order valence-corrected chi connectivity index (χ0v) is 12.0. The van der Waals surface area contributed by atoms with E-state index in [9.17, 15) is 0 Å². The van der Waals surface area contributed by atoms with Gasteiger partial charge in [0.25, 0.3) is 0 Å². The van der Waals surface area contributed by atoms with Crippen LogP contribution < -0.4 is 5.32 Å². The molecule has 1 aliphatic rings. The lowest BCUT2D eigenvalue weighted by Gasteiger charge is -2.15. The maximum absolute atomic E-state index is 3.64. The van der Waals surface area contributed by atoms with Crippen molar-refractivity contribution in [1.29, 1.82) is 0 Å². The van der Waals surface area contributed by atoms with Gasteiger partial charge in [0.1, 0.15) is 0 Å². The molecule has 2 heteroatoms. The van der Waals surface area contributed by atoms with Crippen LogP contribution in [0.1, 0.15) is 38.8 Å². The second-order valence-electron chi connectivity index (χ2n) is 5.97. The Kier molecular flexibility index (Phi) is 3.61. The van der Waals surface area contributed by atoms with Crippen LogP contribution in [0.15, 0.2) is 30.3 Å². The molecule has 1 saturated carbocycles. The van der Waals surface area contributed by atoms with Gasteiger partial charge in [0.2, 0.25) is 0 Å². The third kappa shape index (κ3) is 2.84. The summed E-state index contributed by atoms with van der Waals surface area (Å²) in [4.78, 5) is 0. The molecule has 1 aromatic carbocycles. The Morgan fingerprint density at radius 1 is 1.32 bits per heavy atom. The minimum atomic E-state index is 0.732. The van der Waals surface area contributed by atoms with E-state index in [2.05, 4.69) is 54.1 Å². The van der Waals surface area contributed by atoms with Gasteiger partial charge in [0.15, 0.2) is 0 Å². The van der Waals surface area contributed by atoms with E-state index >= 15 is 0 Å². The number of hydrogen-bond donors (Lipinski definition) is 1. The average molecular weight is 256 g/mol. The molecule has 1 aliphatic carbocycles. The van der Waals surface area contributed by atoms with Gasteiger partial charge in [0.05, 0.1) is 0 Å². The van der Waals surface area contributed by atoms with Crippen molar-refractivity contribution < 1.29 is 0 Å². The molecule has 1 aromatic heterocycles. The normalized spacial score (nSPS) is 16.9. The molecule has 102 valence electrons. The molecular weight excluding hydrogens is 232 g/mol. The average Bonchev–Trinajstić information content (AvgIpc) is 3.20. The predicted octanol–water partition coefficient (Wildman–Crippen LogP) is 3.94. The number of nitrogens with zero attached hydrogens (tertiary/aromatic N) is 1. The van der Waals surface area contributed by atoms with Crippen molar-refractivity contribution in [3.8, 4) is 0 Å². The molecular formula is C17H24N2. The molecule has 2 nitrogen and oxygen atoms in total. The molecule has 2 aromatic rings. The van der Waals surface area contributed by atoms with Crippen LogP contribution in [0.5, 0.6) is 0 Å². The summed E-state index contributed by atoms with van der Waals surface area (Å²) in [6.07, 6.45) is 3.94. The van der Waals surface area contributed by atoms with Crippen molar-refractivity contribution in [3.63, 3.8) is 0 Å². The van der Waals surface area contributed by atoms with Gasteiger partial charge in [-0.1, -0.05) is 38.5 Å². The third-order valence-corrected chi connectivity index (χ3v) is 4.24. The van der Waals surface area contributed by atoms with Crippen LogP contribution in [-0.2, 0) is 13.1 Å². The molecule has 0 radical (unpaired) electrons. The van der Waals surface area contributed by atoms with E-state index in [1.54, 1.807) is 0 Å². The SMILES string of the molecule is CCC(C)Cn1c(CNC2CC2)cc2ccccc21. The van der Waals surface area contributed by atoms with Crippen LogP contribution in [0.25, 0.3) is 10.9 Å². The first-order chi connectivity index (χ1) is 9.28. The fourth-order valence-electron chi connectivity index (χ4n) is 2.61. The fourth-order valence-corrected chi connectivity index (χ4v) is 2.61. The van der Waals surface area contributed by atoms with E-state index in [0.29, 0.717) is 0 Å². The van der Waals surface area contributed by atoms with Gasteiger partial charge in [-0.2, -0.15) is 0 Å². The summed E-state index contributed by atoms with van der Waals surface area (Å²) in [5, 5.41) is 5.02. The smallest absolute Gasteiger partial charge is 0.0483 e. The molecule has 0 aliphatic heterocycles. The molecule has 1 heterocycles. The Morgan fingerprint density at radius 2 is 2.11 bits per heavy atom. The highest BCUT2D eigenvalue weighted by atomic mass is 15.0. The second kappa shape index (κ2) is 5.38. The zero-order valence-electron chi connectivity index (χ0n) is 12.0. The lowest BCUT2D eigenvalue weighted by molar-refractivity contribution is 0.463. The summed E-state index contributed by atoms with van der Waals surface area (Å²) in [7, 11) is 0. The Morgan fingerprint density at radius 3 is 2.84 bits per heavy atom. The number of aromatic nitrogens is 1. The fraction of sp³-hybridized carbons (Fsp3) is 0.529. The van der Waals surface area contributed by atoms with Crippen molar-refractivity contribution in [2.75, 3.05) is 0 Å². The Balaban J connectivity index is 1.90. The number of nitrogens with one attached hydrogen (secondary N) is 1. The molecule has 3 rings (SSSR count). The van der Waals surface area contributed by atoms with E-state index in [1.165, 1.54) is 35.9 Å². The van der Waals surface area contributed by atoms with Gasteiger partial charge < -0.3 is 9.88 Å². The number of benzene rings is 1. The van der Waals surface area contributed by atoms with Crippen LogP contribution in [-0.4, -0.2) is 10.6 Å². The summed E-state index contributed by atoms with van der Waals surface area (Å²) in [5.41, 5.74) is 2.82. The van der Waals surface area contributed by atoms with E-state index in [1.807, 2.05) is 0 Å². The topological polar surface area (TPSA) is 17.0 Å². The van der Waals surface area contributed by atoms with Crippen molar-refractivity contribution >= 4 is 10.9 Å². The van der Waals surface area contributed by atoms with Gasteiger partial charge >= 0.3 is 0 Å². The van der Waals surface area contributed by atoms with Crippen LogP contribution in [0, 0.1) is 5.92 Å². The van der Waals surface area contributed by atoms with Gasteiger partial charge in [-0.05, 0) is 36.3 Å². The van der Waals surface area contributed by atoms with Gasteiger partial charge in [-0.3, -0.25) is 0 Å². The minimum absolute atomic E-state index is 0.732. The summed E-state index contributed by atoms with van der Waals surface area (Å²) < 4.78 is 2.51. The highest BCUT2D eigenvalue weighted by Crippen LogP contribution is 2.24. The number of fused-ring (bicyclic) bond motifs is 1. The summed E-state index contributed by atoms with van der Waals surface area (Å²) >= 11 is 0. The minimum Gasteiger partial charge on any atom is -0.343 e. The molecule has 0 bridgehead atoms. The van der Waals surface area contributed by atoms with E-state index in [4.69, 9.17) is 0 Å². The number of rotatable bonds is 6. The molecule has 0 saturated heterocycles. The first kappa shape index (κ1) is 12.7. The van der Waals surface area contributed by atoms with Crippen LogP contribution in [0.2, 0.25) is 0 Å². The Hall–Kier alpha value is -1.28. The largest absolute Gasteiger partial charge is 0.343 e. The van der Waals surface area contributed by atoms with Crippen molar-refractivity contribution in [2.45, 2.75) is 52.2 Å².